The van der Waals surface area contributed by atoms with Crippen LogP contribution in [0.5, 0.6) is 11.5 Å². The number of fused-ring (bicyclic) bond motifs is 2. The summed E-state index contributed by atoms with van der Waals surface area (Å²) < 4.78 is 10.6. The third-order valence-electron chi connectivity index (χ3n) is 4.63. The molecule has 1 N–H and O–H groups in total. The van der Waals surface area contributed by atoms with Crippen molar-refractivity contribution in [1.29, 1.82) is 0 Å². The van der Waals surface area contributed by atoms with Crippen LogP contribution in [-0.2, 0) is 11.2 Å². The highest BCUT2D eigenvalue weighted by molar-refractivity contribution is 6.05. The van der Waals surface area contributed by atoms with E-state index in [9.17, 15) is 9.59 Å². The highest BCUT2D eigenvalue weighted by Gasteiger charge is 2.26. The lowest BCUT2D eigenvalue weighted by Crippen LogP contribution is -2.32. The Morgan fingerprint density at radius 2 is 1.88 bits per heavy atom. The molecule has 6 heteroatoms. The van der Waals surface area contributed by atoms with Gasteiger partial charge in [-0.3, -0.25) is 9.59 Å². The molecule has 26 heavy (non-hydrogen) atoms. The van der Waals surface area contributed by atoms with Crippen molar-refractivity contribution in [1.82, 2.24) is 0 Å². The topological polar surface area (TPSA) is 67.9 Å². The minimum Gasteiger partial charge on any atom is -0.454 e. The summed E-state index contributed by atoms with van der Waals surface area (Å²) in [7, 11) is 0. The second-order valence-corrected chi connectivity index (χ2v) is 6.76. The molecule has 2 heterocycles. The summed E-state index contributed by atoms with van der Waals surface area (Å²) >= 11 is 0. The van der Waals surface area contributed by atoms with Crippen LogP contribution in [0.3, 0.4) is 0 Å². The quantitative estimate of drug-likeness (QED) is 0.921. The van der Waals surface area contributed by atoms with Crippen LogP contribution in [0.1, 0.15) is 29.8 Å². The third-order valence-corrected chi connectivity index (χ3v) is 4.63. The van der Waals surface area contributed by atoms with Gasteiger partial charge in [0.2, 0.25) is 12.7 Å². The van der Waals surface area contributed by atoms with Gasteiger partial charge in [0, 0.05) is 29.4 Å². The molecule has 0 saturated heterocycles. The molecule has 0 radical (unpaired) electrons. The predicted molar refractivity (Wildman–Crippen MR) is 97.9 cm³/mol. The number of amides is 2. The molecule has 0 aromatic heterocycles. The Balaban J connectivity index is 1.51. The van der Waals surface area contributed by atoms with Gasteiger partial charge in [0.15, 0.2) is 11.5 Å². The zero-order chi connectivity index (χ0) is 18.3. The maximum Gasteiger partial charge on any atom is 0.255 e. The Bertz CT molecular complexity index is 891. The average Bonchev–Trinajstić information content (AvgIpc) is 3.26. The largest absolute Gasteiger partial charge is 0.454 e. The van der Waals surface area contributed by atoms with Crippen molar-refractivity contribution >= 4 is 23.2 Å². The van der Waals surface area contributed by atoms with E-state index in [0.717, 1.165) is 17.7 Å². The Labute approximate surface area is 151 Å². The van der Waals surface area contributed by atoms with Crippen molar-refractivity contribution in [3.05, 3.63) is 47.5 Å². The Morgan fingerprint density at radius 1 is 1.08 bits per heavy atom. The van der Waals surface area contributed by atoms with Gasteiger partial charge in [-0.2, -0.15) is 0 Å². The Hall–Kier alpha value is -3.02. The number of benzene rings is 2. The van der Waals surface area contributed by atoms with E-state index >= 15 is 0 Å². The first kappa shape index (κ1) is 16.4. The first-order valence-corrected chi connectivity index (χ1v) is 8.68. The molecule has 0 bridgehead atoms. The molecule has 2 amide bonds. The molecular weight excluding hydrogens is 332 g/mol. The molecule has 134 valence electrons. The minimum atomic E-state index is -0.212. The van der Waals surface area contributed by atoms with Crippen molar-refractivity contribution in [2.75, 3.05) is 23.6 Å². The second-order valence-electron chi connectivity index (χ2n) is 6.76. The van der Waals surface area contributed by atoms with E-state index in [0.29, 0.717) is 29.3 Å². The van der Waals surface area contributed by atoms with E-state index in [-0.39, 0.29) is 24.5 Å². The van der Waals surface area contributed by atoms with Gasteiger partial charge in [-0.05, 0) is 48.4 Å². The number of nitrogens with one attached hydrogen (secondary N) is 1. The number of nitrogens with zero attached hydrogens (tertiary/aromatic N) is 1. The molecular formula is C20H20N2O4. The van der Waals surface area contributed by atoms with Crippen LogP contribution in [0.25, 0.3) is 0 Å². The van der Waals surface area contributed by atoms with Crippen molar-refractivity contribution in [2.24, 2.45) is 5.92 Å². The van der Waals surface area contributed by atoms with Gasteiger partial charge < -0.3 is 19.7 Å². The van der Waals surface area contributed by atoms with Gasteiger partial charge in [-0.1, -0.05) is 13.8 Å². The van der Waals surface area contributed by atoms with Crippen molar-refractivity contribution in [2.45, 2.75) is 20.3 Å². The first-order valence-electron chi connectivity index (χ1n) is 8.68. The van der Waals surface area contributed by atoms with Crippen LogP contribution >= 0.6 is 0 Å². The molecule has 2 aliphatic heterocycles. The maximum absolute atomic E-state index is 12.5. The van der Waals surface area contributed by atoms with Gasteiger partial charge in [0.05, 0.1) is 0 Å². The molecule has 2 aromatic rings. The smallest absolute Gasteiger partial charge is 0.255 e. The molecule has 4 rings (SSSR count). The van der Waals surface area contributed by atoms with Gasteiger partial charge >= 0.3 is 0 Å². The molecule has 2 aliphatic rings. The van der Waals surface area contributed by atoms with Crippen LogP contribution < -0.4 is 19.7 Å². The normalized spacial score (nSPS) is 14.5. The van der Waals surface area contributed by atoms with Crippen LogP contribution in [0, 0.1) is 5.92 Å². The first-order chi connectivity index (χ1) is 12.5. The van der Waals surface area contributed by atoms with Crippen LogP contribution in [-0.4, -0.2) is 25.2 Å². The van der Waals surface area contributed by atoms with Crippen molar-refractivity contribution in [3.8, 4) is 11.5 Å². The summed E-state index contributed by atoms with van der Waals surface area (Å²) in [6.07, 6.45) is 0.793. The van der Waals surface area contributed by atoms with E-state index in [1.807, 2.05) is 36.9 Å². The molecule has 6 nitrogen and oxygen atoms in total. The standard InChI is InChI=1S/C20H20N2O4/c1-12(2)20(24)22-8-7-13-9-15(4-5-16(13)22)21-19(23)14-3-6-17-18(10-14)26-11-25-17/h3-6,9-10,12H,7-8,11H2,1-2H3,(H,21,23). The number of hydrogen-bond acceptors (Lipinski definition) is 4. The van der Waals surface area contributed by atoms with E-state index in [2.05, 4.69) is 5.32 Å². The van der Waals surface area contributed by atoms with Gasteiger partial charge in [-0.25, -0.2) is 0 Å². The molecule has 2 aromatic carbocycles. The van der Waals surface area contributed by atoms with Gasteiger partial charge in [-0.15, -0.1) is 0 Å². The van der Waals surface area contributed by atoms with Crippen LogP contribution in [0.2, 0.25) is 0 Å². The zero-order valence-electron chi connectivity index (χ0n) is 14.7. The summed E-state index contributed by atoms with van der Waals surface area (Å²) in [5.41, 5.74) is 3.23. The Kier molecular flexibility index (Phi) is 4.03. The van der Waals surface area contributed by atoms with Crippen molar-refractivity contribution < 1.29 is 19.1 Å². The lowest BCUT2D eigenvalue weighted by Gasteiger charge is -2.19. The maximum atomic E-state index is 12.5. The summed E-state index contributed by atoms with van der Waals surface area (Å²) in [6, 6.07) is 10.8. The van der Waals surface area contributed by atoms with E-state index < -0.39 is 0 Å². The molecule has 0 fully saturated rings. The summed E-state index contributed by atoms with van der Waals surface area (Å²) in [4.78, 5) is 26.6. The highest BCUT2D eigenvalue weighted by Crippen LogP contribution is 2.34. The fourth-order valence-corrected chi connectivity index (χ4v) is 3.26. The van der Waals surface area contributed by atoms with Crippen LogP contribution in [0.15, 0.2) is 36.4 Å². The van der Waals surface area contributed by atoms with Gasteiger partial charge in [0.25, 0.3) is 5.91 Å². The van der Waals surface area contributed by atoms with Crippen molar-refractivity contribution in [3.63, 3.8) is 0 Å². The number of carbonyl (C=O) groups is 2. The summed E-state index contributed by atoms with van der Waals surface area (Å²) in [5, 5.41) is 2.91. The monoisotopic (exact) mass is 352 g/mol. The van der Waals surface area contributed by atoms with E-state index in [1.165, 1.54) is 0 Å². The SMILES string of the molecule is CC(C)C(=O)N1CCc2cc(NC(=O)c3ccc4c(c3)OCO4)ccc21. The lowest BCUT2D eigenvalue weighted by molar-refractivity contribution is -0.121. The summed E-state index contributed by atoms with van der Waals surface area (Å²) in [5.74, 6) is 1.10. The van der Waals surface area contributed by atoms with Crippen LogP contribution in [0.4, 0.5) is 11.4 Å². The van der Waals surface area contributed by atoms with Gasteiger partial charge in [0.1, 0.15) is 0 Å². The zero-order valence-corrected chi connectivity index (χ0v) is 14.7. The highest BCUT2D eigenvalue weighted by atomic mass is 16.7. The van der Waals surface area contributed by atoms with E-state index in [4.69, 9.17) is 9.47 Å². The lowest BCUT2D eigenvalue weighted by atomic mass is 10.1. The number of anilines is 2. The third kappa shape index (κ3) is 2.87. The number of hydrogen-bond donors (Lipinski definition) is 1. The molecule has 0 aliphatic carbocycles. The molecule has 0 atom stereocenters. The van der Waals surface area contributed by atoms with E-state index in [1.54, 1.807) is 18.2 Å². The average molecular weight is 352 g/mol. The number of rotatable bonds is 3. The predicted octanol–water partition coefficient (Wildman–Crippen LogP) is 3.21. The number of carbonyl (C=O) groups excluding carboxylic acids is 2. The second kappa shape index (κ2) is 6.37. The summed E-state index contributed by atoms with van der Waals surface area (Å²) in [6.45, 7) is 4.67. The molecule has 0 unspecified atom stereocenters. The molecule has 0 spiro atoms. The fraction of sp³-hybridized carbons (Fsp3) is 0.300. The Morgan fingerprint density at radius 3 is 2.69 bits per heavy atom. The molecule has 0 saturated carbocycles. The number of ether oxygens (including phenoxy) is 2. The minimum absolute atomic E-state index is 0.0358. The fourth-order valence-electron chi connectivity index (χ4n) is 3.26.